The van der Waals surface area contributed by atoms with Crippen LogP contribution in [-0.4, -0.2) is 84.9 Å². The summed E-state index contributed by atoms with van der Waals surface area (Å²) in [7, 11) is 0. The third kappa shape index (κ3) is 5.59. The van der Waals surface area contributed by atoms with Gasteiger partial charge < -0.3 is 19.3 Å². The highest BCUT2D eigenvalue weighted by Gasteiger charge is 2.28. The van der Waals surface area contributed by atoms with Crippen LogP contribution in [0.25, 0.3) is 0 Å². The number of piperazine rings is 1. The van der Waals surface area contributed by atoms with Gasteiger partial charge >= 0.3 is 12.1 Å². The molecule has 8 nitrogen and oxygen atoms in total. The maximum atomic E-state index is 12.5. The van der Waals surface area contributed by atoms with Gasteiger partial charge in [-0.1, -0.05) is 0 Å². The van der Waals surface area contributed by atoms with E-state index < -0.39 is 0 Å². The van der Waals surface area contributed by atoms with Gasteiger partial charge in [0.05, 0.1) is 12.2 Å². The van der Waals surface area contributed by atoms with Crippen LogP contribution in [0.15, 0.2) is 18.3 Å². The summed E-state index contributed by atoms with van der Waals surface area (Å²) in [6, 6.07) is 4.09. The van der Waals surface area contributed by atoms with E-state index in [1.165, 1.54) is 0 Å². The molecule has 1 aromatic rings. The van der Waals surface area contributed by atoms with E-state index in [1.54, 1.807) is 19.2 Å². The molecule has 3 rings (SSSR count). The first-order valence-electron chi connectivity index (χ1n) is 10.6. The van der Waals surface area contributed by atoms with E-state index in [1.807, 2.05) is 11.0 Å². The van der Waals surface area contributed by atoms with Crippen LogP contribution in [0.5, 0.6) is 0 Å². The number of esters is 1. The van der Waals surface area contributed by atoms with Crippen LogP contribution in [0.1, 0.15) is 44.0 Å². The van der Waals surface area contributed by atoms with Crippen molar-refractivity contribution in [1.29, 1.82) is 0 Å². The summed E-state index contributed by atoms with van der Waals surface area (Å²) < 4.78 is 10.7. The third-order valence-electron chi connectivity index (χ3n) is 5.60. The quantitative estimate of drug-likeness (QED) is 0.698. The molecule has 2 saturated heterocycles. The van der Waals surface area contributed by atoms with Crippen molar-refractivity contribution in [2.75, 3.05) is 50.8 Å². The van der Waals surface area contributed by atoms with E-state index in [9.17, 15) is 9.59 Å². The Labute approximate surface area is 172 Å². The minimum Gasteiger partial charge on any atom is -0.462 e. The van der Waals surface area contributed by atoms with Crippen LogP contribution in [-0.2, 0) is 9.47 Å². The molecule has 3 heterocycles. The van der Waals surface area contributed by atoms with Gasteiger partial charge in [-0.2, -0.15) is 0 Å². The van der Waals surface area contributed by atoms with Gasteiger partial charge in [0, 0.05) is 64.3 Å². The van der Waals surface area contributed by atoms with Gasteiger partial charge in [0.25, 0.3) is 0 Å². The number of hydrogen-bond donors (Lipinski definition) is 0. The number of ether oxygens (including phenoxy) is 2. The fourth-order valence-corrected chi connectivity index (χ4v) is 3.75. The number of aromatic nitrogens is 1. The van der Waals surface area contributed by atoms with E-state index in [-0.39, 0.29) is 18.2 Å². The molecule has 0 unspecified atom stereocenters. The molecule has 2 aliphatic heterocycles. The Bertz CT molecular complexity index is 678. The second-order valence-electron chi connectivity index (χ2n) is 7.81. The fourth-order valence-electron chi connectivity index (χ4n) is 3.75. The molecule has 160 valence electrons. The number of nitrogens with zero attached hydrogens (tertiary/aromatic N) is 4. The fraction of sp³-hybridized carbons (Fsp3) is 0.667. The van der Waals surface area contributed by atoms with Gasteiger partial charge in [-0.3, -0.25) is 4.90 Å². The first kappa shape index (κ1) is 21.4. The Balaban J connectivity index is 1.43. The molecule has 0 atom stereocenters. The standard InChI is InChI=1S/C21H32N4O4/c1-4-28-20(26)17-5-6-19(22-15-17)24-9-7-18(8-10-24)29-21(27)25-13-11-23(12-14-25)16(2)3/h5-6,15-16,18H,4,7-14H2,1-3H3. The summed E-state index contributed by atoms with van der Waals surface area (Å²) in [6.45, 7) is 11.3. The number of piperidine rings is 1. The van der Waals surface area contributed by atoms with E-state index in [0.717, 1.165) is 57.9 Å². The molecule has 2 aliphatic rings. The molecule has 1 amide bonds. The Kier molecular flexibility index (Phi) is 7.30. The van der Waals surface area contributed by atoms with Crippen LogP contribution < -0.4 is 4.90 Å². The minimum absolute atomic E-state index is 0.0549. The molecule has 29 heavy (non-hydrogen) atoms. The lowest BCUT2D eigenvalue weighted by atomic mass is 10.1. The molecule has 1 aromatic heterocycles. The predicted octanol–water partition coefficient (Wildman–Crippen LogP) is 2.39. The van der Waals surface area contributed by atoms with Crippen molar-refractivity contribution in [1.82, 2.24) is 14.8 Å². The van der Waals surface area contributed by atoms with Gasteiger partial charge in [0.15, 0.2) is 0 Å². The molecular formula is C21H32N4O4. The smallest absolute Gasteiger partial charge is 0.410 e. The number of amides is 1. The van der Waals surface area contributed by atoms with Crippen LogP contribution in [0, 0.1) is 0 Å². The average Bonchev–Trinajstić information content (AvgIpc) is 2.74. The van der Waals surface area contributed by atoms with Crippen molar-refractivity contribution in [3.8, 4) is 0 Å². The lowest BCUT2D eigenvalue weighted by Gasteiger charge is -2.38. The van der Waals surface area contributed by atoms with E-state index in [2.05, 4.69) is 28.6 Å². The molecule has 0 aromatic carbocycles. The van der Waals surface area contributed by atoms with E-state index in [0.29, 0.717) is 18.2 Å². The number of carbonyl (C=O) groups excluding carboxylic acids is 2. The Hall–Kier alpha value is -2.35. The summed E-state index contributed by atoms with van der Waals surface area (Å²) in [4.78, 5) is 34.9. The number of pyridine rings is 1. The first-order chi connectivity index (χ1) is 14.0. The second kappa shape index (κ2) is 9.91. The van der Waals surface area contributed by atoms with Gasteiger partial charge in [0.1, 0.15) is 11.9 Å². The Morgan fingerprint density at radius 3 is 2.34 bits per heavy atom. The molecule has 0 bridgehead atoms. The highest BCUT2D eigenvalue weighted by Crippen LogP contribution is 2.21. The number of carbonyl (C=O) groups is 2. The predicted molar refractivity (Wildman–Crippen MR) is 110 cm³/mol. The maximum Gasteiger partial charge on any atom is 0.410 e. The summed E-state index contributed by atoms with van der Waals surface area (Å²) in [5, 5.41) is 0. The topological polar surface area (TPSA) is 75.2 Å². The minimum atomic E-state index is -0.355. The van der Waals surface area contributed by atoms with Crippen molar-refractivity contribution in [2.45, 2.75) is 45.8 Å². The average molecular weight is 405 g/mol. The number of hydrogen-bond acceptors (Lipinski definition) is 7. The van der Waals surface area contributed by atoms with Crippen LogP contribution in [0.3, 0.4) is 0 Å². The summed E-state index contributed by atoms with van der Waals surface area (Å²) in [5.41, 5.74) is 0.456. The zero-order valence-corrected chi connectivity index (χ0v) is 17.7. The van der Waals surface area contributed by atoms with Crippen LogP contribution >= 0.6 is 0 Å². The van der Waals surface area contributed by atoms with Gasteiger partial charge in [0.2, 0.25) is 0 Å². The van der Waals surface area contributed by atoms with Crippen LogP contribution in [0.2, 0.25) is 0 Å². The van der Waals surface area contributed by atoms with Gasteiger partial charge in [-0.25, -0.2) is 14.6 Å². The zero-order chi connectivity index (χ0) is 20.8. The SMILES string of the molecule is CCOC(=O)c1ccc(N2CCC(OC(=O)N3CCN(C(C)C)CC3)CC2)nc1. The molecular weight excluding hydrogens is 372 g/mol. The molecule has 0 radical (unpaired) electrons. The highest BCUT2D eigenvalue weighted by molar-refractivity contribution is 5.89. The molecule has 0 saturated carbocycles. The maximum absolute atomic E-state index is 12.5. The van der Waals surface area contributed by atoms with Crippen molar-refractivity contribution < 1.29 is 19.1 Å². The Morgan fingerprint density at radius 2 is 1.79 bits per heavy atom. The monoisotopic (exact) mass is 404 g/mol. The molecule has 8 heteroatoms. The van der Waals surface area contributed by atoms with Crippen LogP contribution in [0.4, 0.5) is 10.6 Å². The summed E-state index contributed by atoms with van der Waals surface area (Å²) >= 11 is 0. The van der Waals surface area contributed by atoms with Gasteiger partial charge in [-0.15, -0.1) is 0 Å². The molecule has 0 N–H and O–H groups in total. The summed E-state index contributed by atoms with van der Waals surface area (Å²) in [5.74, 6) is 0.471. The Morgan fingerprint density at radius 1 is 1.10 bits per heavy atom. The lowest BCUT2D eigenvalue weighted by Crippen LogP contribution is -2.51. The van der Waals surface area contributed by atoms with Crippen molar-refractivity contribution in [3.05, 3.63) is 23.9 Å². The van der Waals surface area contributed by atoms with Crippen molar-refractivity contribution in [2.24, 2.45) is 0 Å². The van der Waals surface area contributed by atoms with Crippen molar-refractivity contribution >= 4 is 17.9 Å². The lowest BCUT2D eigenvalue weighted by molar-refractivity contribution is 0.0337. The number of rotatable bonds is 5. The molecule has 0 spiro atoms. The molecule has 0 aliphatic carbocycles. The third-order valence-corrected chi connectivity index (χ3v) is 5.60. The van der Waals surface area contributed by atoms with E-state index in [4.69, 9.17) is 9.47 Å². The van der Waals surface area contributed by atoms with Gasteiger partial charge in [-0.05, 0) is 32.9 Å². The van der Waals surface area contributed by atoms with Crippen molar-refractivity contribution in [3.63, 3.8) is 0 Å². The highest BCUT2D eigenvalue weighted by atomic mass is 16.6. The first-order valence-corrected chi connectivity index (χ1v) is 10.6. The zero-order valence-electron chi connectivity index (χ0n) is 17.7. The summed E-state index contributed by atoms with van der Waals surface area (Å²) in [6.07, 6.45) is 2.86. The normalized spacial score (nSPS) is 18.8. The number of anilines is 1. The largest absolute Gasteiger partial charge is 0.462 e. The molecule has 2 fully saturated rings. The second-order valence-corrected chi connectivity index (χ2v) is 7.81. The van der Waals surface area contributed by atoms with E-state index >= 15 is 0 Å².